The fraction of sp³-hybridized carbons (Fsp3) is 0.167. The lowest BCUT2D eigenvalue weighted by molar-refractivity contribution is 0.715. The summed E-state index contributed by atoms with van der Waals surface area (Å²) in [6.07, 6.45) is 1.84. The van der Waals surface area contributed by atoms with E-state index in [-0.39, 0.29) is 0 Å². The Kier molecular flexibility index (Phi) is 2.52. The van der Waals surface area contributed by atoms with Crippen molar-refractivity contribution in [3.63, 3.8) is 0 Å². The van der Waals surface area contributed by atoms with E-state index in [1.54, 1.807) is 9.36 Å². The summed E-state index contributed by atoms with van der Waals surface area (Å²) in [5.41, 5.74) is 8.46. The number of nitrogens with two attached hydrogens (primary N) is 1. The van der Waals surface area contributed by atoms with Crippen molar-refractivity contribution in [1.82, 2.24) is 30.0 Å². The van der Waals surface area contributed by atoms with Crippen LogP contribution in [0.4, 0.5) is 5.69 Å². The van der Waals surface area contributed by atoms with E-state index in [1.165, 1.54) is 0 Å². The Bertz CT molecular complexity index is 725. The van der Waals surface area contributed by atoms with Crippen molar-refractivity contribution in [3.05, 3.63) is 36.0 Å². The van der Waals surface area contributed by atoms with Crippen LogP contribution in [0.25, 0.3) is 17.2 Å². The van der Waals surface area contributed by atoms with Crippen LogP contribution in [0.3, 0.4) is 0 Å². The van der Waals surface area contributed by atoms with Crippen molar-refractivity contribution >= 4 is 5.69 Å². The van der Waals surface area contributed by atoms with Crippen LogP contribution in [0.1, 0.15) is 5.56 Å². The van der Waals surface area contributed by atoms with Crippen LogP contribution in [-0.4, -0.2) is 30.0 Å². The maximum absolute atomic E-state index is 5.83. The number of nitrogens with zero attached hydrogens (tertiary/aromatic N) is 6. The van der Waals surface area contributed by atoms with Crippen molar-refractivity contribution in [3.8, 4) is 17.2 Å². The molecule has 0 saturated heterocycles. The molecular formula is C12H13N7. The van der Waals surface area contributed by atoms with E-state index >= 15 is 0 Å². The normalized spacial score (nSPS) is 10.8. The van der Waals surface area contributed by atoms with Gasteiger partial charge >= 0.3 is 0 Å². The smallest absolute Gasteiger partial charge is 0.189 e. The number of tetrazole rings is 1. The zero-order chi connectivity index (χ0) is 13.4. The van der Waals surface area contributed by atoms with E-state index in [0.717, 1.165) is 11.1 Å². The average Bonchev–Trinajstić information content (AvgIpc) is 3.00. The topological polar surface area (TPSA) is 87.4 Å². The predicted octanol–water partition coefficient (Wildman–Crippen LogP) is 0.953. The number of anilines is 1. The molecule has 0 unspecified atom stereocenters. The quantitative estimate of drug-likeness (QED) is 0.689. The Morgan fingerprint density at radius 3 is 2.79 bits per heavy atom. The largest absolute Gasteiger partial charge is 0.399 e. The van der Waals surface area contributed by atoms with E-state index in [2.05, 4.69) is 20.6 Å². The molecule has 3 rings (SSSR count). The van der Waals surface area contributed by atoms with Gasteiger partial charge in [0.05, 0.1) is 0 Å². The first-order valence-corrected chi connectivity index (χ1v) is 5.80. The number of hydrogen-bond acceptors (Lipinski definition) is 5. The van der Waals surface area contributed by atoms with E-state index < -0.39 is 0 Å². The fourth-order valence-corrected chi connectivity index (χ4v) is 1.91. The second kappa shape index (κ2) is 4.20. The summed E-state index contributed by atoms with van der Waals surface area (Å²) in [6.45, 7) is 1.99. The highest BCUT2D eigenvalue weighted by Gasteiger charge is 2.14. The van der Waals surface area contributed by atoms with Gasteiger partial charge in [-0.2, -0.15) is 9.78 Å². The molecule has 0 atom stereocenters. The summed E-state index contributed by atoms with van der Waals surface area (Å²) in [4.78, 5) is 0. The lowest BCUT2D eigenvalue weighted by Gasteiger charge is -2.06. The molecule has 0 aliphatic heterocycles. The lowest BCUT2D eigenvalue weighted by Crippen LogP contribution is -2.03. The van der Waals surface area contributed by atoms with Gasteiger partial charge in [-0.05, 0) is 35.0 Å². The molecule has 2 aromatic heterocycles. The SMILES string of the molecule is Cc1ccc(N)cc1-c1nnnn1-c1ccn(C)n1. The van der Waals surface area contributed by atoms with Gasteiger partial charge in [-0.15, -0.1) is 5.10 Å². The number of aromatic nitrogens is 6. The maximum atomic E-state index is 5.83. The van der Waals surface area contributed by atoms with Crippen molar-refractivity contribution in [2.75, 3.05) is 5.73 Å². The van der Waals surface area contributed by atoms with Gasteiger partial charge < -0.3 is 5.73 Å². The minimum Gasteiger partial charge on any atom is -0.399 e. The molecule has 19 heavy (non-hydrogen) atoms. The standard InChI is InChI=1S/C12H13N7/c1-8-3-4-9(13)7-10(8)12-14-16-17-19(12)11-5-6-18(2)15-11/h3-7H,13H2,1-2H3. The fourth-order valence-electron chi connectivity index (χ4n) is 1.91. The molecule has 7 nitrogen and oxygen atoms in total. The van der Waals surface area contributed by atoms with Crippen LogP contribution in [0.2, 0.25) is 0 Å². The number of aryl methyl sites for hydroxylation is 2. The van der Waals surface area contributed by atoms with Crippen LogP contribution in [-0.2, 0) is 7.05 Å². The van der Waals surface area contributed by atoms with Crippen LogP contribution < -0.4 is 5.73 Å². The molecule has 0 aliphatic rings. The van der Waals surface area contributed by atoms with Crippen molar-refractivity contribution in [1.29, 1.82) is 0 Å². The zero-order valence-corrected chi connectivity index (χ0v) is 10.6. The highest BCUT2D eigenvalue weighted by molar-refractivity contribution is 5.66. The Hall–Kier alpha value is -2.70. The minimum absolute atomic E-state index is 0.628. The lowest BCUT2D eigenvalue weighted by atomic mass is 10.1. The number of rotatable bonds is 2. The molecular weight excluding hydrogens is 242 g/mol. The van der Waals surface area contributed by atoms with E-state index in [9.17, 15) is 0 Å². The number of hydrogen-bond donors (Lipinski definition) is 1. The molecule has 0 amide bonds. The van der Waals surface area contributed by atoms with Crippen LogP contribution in [0.5, 0.6) is 0 Å². The summed E-state index contributed by atoms with van der Waals surface area (Å²) >= 11 is 0. The molecule has 0 fully saturated rings. The highest BCUT2D eigenvalue weighted by atomic mass is 15.6. The Morgan fingerprint density at radius 1 is 1.21 bits per heavy atom. The maximum Gasteiger partial charge on any atom is 0.189 e. The molecule has 2 heterocycles. The van der Waals surface area contributed by atoms with Crippen LogP contribution in [0, 0.1) is 6.92 Å². The summed E-state index contributed by atoms with van der Waals surface area (Å²) in [5, 5.41) is 16.1. The monoisotopic (exact) mass is 255 g/mol. The van der Waals surface area contributed by atoms with Gasteiger partial charge in [0.25, 0.3) is 0 Å². The summed E-state index contributed by atoms with van der Waals surface area (Å²) < 4.78 is 3.30. The Balaban J connectivity index is 2.17. The first kappa shape index (κ1) is 11.4. The minimum atomic E-state index is 0.628. The Labute approximate surface area is 109 Å². The Morgan fingerprint density at radius 2 is 2.05 bits per heavy atom. The third-order valence-corrected chi connectivity index (χ3v) is 2.89. The first-order chi connectivity index (χ1) is 9.15. The van der Waals surface area contributed by atoms with E-state index in [4.69, 9.17) is 5.73 Å². The molecule has 0 bridgehead atoms. The summed E-state index contributed by atoms with van der Waals surface area (Å²) in [7, 11) is 1.85. The van der Waals surface area contributed by atoms with Gasteiger partial charge in [0.1, 0.15) is 0 Å². The predicted molar refractivity (Wildman–Crippen MR) is 70.5 cm³/mol. The molecule has 7 heteroatoms. The third kappa shape index (κ3) is 1.95. The molecule has 2 N–H and O–H groups in total. The van der Waals surface area contributed by atoms with E-state index in [0.29, 0.717) is 17.3 Å². The summed E-state index contributed by atoms with van der Waals surface area (Å²) in [6, 6.07) is 7.51. The molecule has 0 aliphatic carbocycles. The highest BCUT2D eigenvalue weighted by Crippen LogP contribution is 2.24. The van der Waals surface area contributed by atoms with E-state index in [1.807, 2.05) is 44.4 Å². The third-order valence-electron chi connectivity index (χ3n) is 2.89. The van der Waals surface area contributed by atoms with Crippen LogP contribution in [0.15, 0.2) is 30.5 Å². The number of benzene rings is 1. The van der Waals surface area contributed by atoms with Gasteiger partial charge in [-0.25, -0.2) is 0 Å². The van der Waals surface area contributed by atoms with Crippen molar-refractivity contribution in [2.45, 2.75) is 6.92 Å². The molecule has 0 radical (unpaired) electrons. The molecule has 1 aromatic carbocycles. The van der Waals surface area contributed by atoms with Crippen molar-refractivity contribution in [2.24, 2.45) is 7.05 Å². The average molecular weight is 255 g/mol. The molecule has 96 valence electrons. The first-order valence-electron chi connectivity index (χ1n) is 5.80. The zero-order valence-electron chi connectivity index (χ0n) is 10.6. The molecule has 0 saturated carbocycles. The van der Waals surface area contributed by atoms with Gasteiger partial charge in [-0.3, -0.25) is 4.68 Å². The second-order valence-electron chi connectivity index (χ2n) is 4.34. The van der Waals surface area contributed by atoms with Gasteiger partial charge in [0, 0.05) is 30.6 Å². The molecule has 3 aromatic rings. The van der Waals surface area contributed by atoms with Gasteiger partial charge in [-0.1, -0.05) is 6.07 Å². The summed E-state index contributed by atoms with van der Waals surface area (Å²) in [5.74, 6) is 1.30. The number of nitrogen functional groups attached to an aromatic ring is 1. The van der Waals surface area contributed by atoms with Crippen LogP contribution >= 0.6 is 0 Å². The second-order valence-corrected chi connectivity index (χ2v) is 4.34. The van der Waals surface area contributed by atoms with Gasteiger partial charge in [0.2, 0.25) is 0 Å². The molecule has 0 spiro atoms. The van der Waals surface area contributed by atoms with Gasteiger partial charge in [0.15, 0.2) is 11.6 Å². The van der Waals surface area contributed by atoms with Crippen molar-refractivity contribution < 1.29 is 0 Å².